The second kappa shape index (κ2) is 11.9. The van der Waals surface area contributed by atoms with Crippen molar-refractivity contribution in [3.8, 4) is 5.69 Å². The number of aromatic amines is 1. The highest BCUT2D eigenvalue weighted by Crippen LogP contribution is 2.24. The Morgan fingerprint density at radius 3 is 2.87 bits per heavy atom. The second-order valence-corrected chi connectivity index (χ2v) is 9.44. The SMILES string of the molecule is N=C(N)NCC[C@H](CNc1ccccn1)OCc1ccc(-n2cc3cc([C@@H]4CCNC4)[nH]c3nc2=O)cc1. The Morgan fingerprint density at radius 1 is 1.26 bits per heavy atom. The van der Waals surface area contributed by atoms with Crippen molar-refractivity contribution in [2.24, 2.45) is 5.73 Å². The number of benzene rings is 1. The van der Waals surface area contributed by atoms with E-state index in [0.29, 0.717) is 37.7 Å². The summed E-state index contributed by atoms with van der Waals surface area (Å²) >= 11 is 0. The van der Waals surface area contributed by atoms with Gasteiger partial charge in [0.2, 0.25) is 0 Å². The summed E-state index contributed by atoms with van der Waals surface area (Å²) < 4.78 is 7.75. The maximum Gasteiger partial charge on any atom is 0.354 e. The number of aromatic nitrogens is 4. The molecule has 0 saturated carbocycles. The van der Waals surface area contributed by atoms with Crippen LogP contribution in [0.3, 0.4) is 0 Å². The Kier molecular flexibility index (Phi) is 7.95. The molecule has 0 unspecified atom stereocenters. The zero-order chi connectivity index (χ0) is 26.3. The average molecular weight is 516 g/mol. The predicted octanol–water partition coefficient (Wildman–Crippen LogP) is 2.06. The molecule has 5 rings (SSSR count). The summed E-state index contributed by atoms with van der Waals surface area (Å²) in [5, 5.41) is 17.8. The first kappa shape index (κ1) is 25.4. The van der Waals surface area contributed by atoms with Gasteiger partial charge in [0.25, 0.3) is 0 Å². The number of ether oxygens (including phenoxy) is 1. The van der Waals surface area contributed by atoms with E-state index in [-0.39, 0.29) is 17.8 Å². The monoisotopic (exact) mass is 515 g/mol. The number of fused-ring (bicyclic) bond motifs is 1. The molecule has 0 aliphatic carbocycles. The van der Waals surface area contributed by atoms with E-state index >= 15 is 0 Å². The summed E-state index contributed by atoms with van der Waals surface area (Å²) in [6.45, 7) is 3.43. The zero-order valence-electron chi connectivity index (χ0n) is 21.1. The van der Waals surface area contributed by atoms with Crippen molar-refractivity contribution in [1.82, 2.24) is 30.2 Å². The van der Waals surface area contributed by atoms with Crippen molar-refractivity contribution in [3.63, 3.8) is 0 Å². The largest absolute Gasteiger partial charge is 0.372 e. The Hall–Kier alpha value is -4.22. The van der Waals surface area contributed by atoms with Crippen LogP contribution in [-0.2, 0) is 11.3 Å². The molecule has 7 N–H and O–H groups in total. The molecule has 0 spiro atoms. The van der Waals surface area contributed by atoms with Gasteiger partial charge < -0.3 is 31.4 Å². The summed E-state index contributed by atoms with van der Waals surface area (Å²) in [5.74, 6) is 1.13. The maximum absolute atomic E-state index is 12.8. The summed E-state index contributed by atoms with van der Waals surface area (Å²) in [6, 6.07) is 15.5. The molecule has 0 radical (unpaired) electrons. The first-order valence-electron chi connectivity index (χ1n) is 12.8. The van der Waals surface area contributed by atoms with Gasteiger partial charge in [0, 0.05) is 49.0 Å². The molecule has 11 nitrogen and oxygen atoms in total. The Bertz CT molecular complexity index is 1410. The first-order chi connectivity index (χ1) is 18.5. The van der Waals surface area contributed by atoms with Gasteiger partial charge in [-0.1, -0.05) is 18.2 Å². The van der Waals surface area contributed by atoms with E-state index in [1.807, 2.05) is 48.7 Å². The van der Waals surface area contributed by atoms with Crippen molar-refractivity contribution in [2.75, 3.05) is 31.5 Å². The number of nitrogens with zero attached hydrogens (tertiary/aromatic N) is 3. The van der Waals surface area contributed by atoms with Crippen LogP contribution in [-0.4, -0.2) is 57.8 Å². The van der Waals surface area contributed by atoms with Crippen LogP contribution in [0.4, 0.5) is 5.82 Å². The number of hydrogen-bond acceptors (Lipinski definition) is 7. The molecule has 4 aromatic rings. The third-order valence-corrected chi connectivity index (χ3v) is 6.69. The molecule has 2 atom stereocenters. The second-order valence-electron chi connectivity index (χ2n) is 9.44. The van der Waals surface area contributed by atoms with Crippen molar-refractivity contribution in [2.45, 2.75) is 31.5 Å². The van der Waals surface area contributed by atoms with Crippen LogP contribution in [0.2, 0.25) is 0 Å². The summed E-state index contributed by atoms with van der Waals surface area (Å²) in [7, 11) is 0. The molecule has 1 aliphatic rings. The molecule has 4 heterocycles. The van der Waals surface area contributed by atoms with E-state index in [4.69, 9.17) is 15.9 Å². The lowest BCUT2D eigenvalue weighted by Crippen LogP contribution is -2.34. The number of pyridine rings is 1. The maximum atomic E-state index is 12.8. The van der Waals surface area contributed by atoms with Crippen LogP contribution in [0.5, 0.6) is 0 Å². The number of rotatable bonds is 11. The van der Waals surface area contributed by atoms with Crippen LogP contribution in [0.15, 0.2) is 65.7 Å². The fourth-order valence-corrected chi connectivity index (χ4v) is 4.61. The van der Waals surface area contributed by atoms with Gasteiger partial charge >= 0.3 is 5.69 Å². The minimum absolute atomic E-state index is 0.0636. The van der Waals surface area contributed by atoms with E-state index in [2.05, 4.69) is 37.0 Å². The highest BCUT2D eigenvalue weighted by Gasteiger charge is 2.19. The van der Waals surface area contributed by atoms with Gasteiger partial charge in [0.1, 0.15) is 11.5 Å². The van der Waals surface area contributed by atoms with Gasteiger partial charge in [-0.15, -0.1) is 0 Å². The van der Waals surface area contributed by atoms with Crippen molar-refractivity contribution < 1.29 is 4.74 Å². The fraction of sp³-hybridized carbons (Fsp3) is 0.333. The first-order valence-corrected chi connectivity index (χ1v) is 12.8. The number of H-pyrrole nitrogens is 1. The van der Waals surface area contributed by atoms with Gasteiger partial charge in [-0.25, -0.2) is 9.78 Å². The van der Waals surface area contributed by atoms with E-state index in [0.717, 1.165) is 47.7 Å². The van der Waals surface area contributed by atoms with Gasteiger partial charge in [-0.2, -0.15) is 4.98 Å². The molecule has 1 saturated heterocycles. The Morgan fingerprint density at radius 2 is 2.13 bits per heavy atom. The lowest BCUT2D eigenvalue weighted by atomic mass is 10.1. The molecule has 3 aromatic heterocycles. The van der Waals surface area contributed by atoms with E-state index in [1.165, 1.54) is 0 Å². The molecule has 0 amide bonds. The summed E-state index contributed by atoms with van der Waals surface area (Å²) in [4.78, 5) is 24.6. The molecule has 1 aliphatic heterocycles. The fourth-order valence-electron chi connectivity index (χ4n) is 4.61. The molecular weight excluding hydrogens is 482 g/mol. The number of nitrogens with one attached hydrogen (secondary N) is 5. The number of hydrogen-bond donors (Lipinski definition) is 6. The smallest absolute Gasteiger partial charge is 0.354 e. The van der Waals surface area contributed by atoms with Crippen molar-refractivity contribution in [1.29, 1.82) is 5.41 Å². The van der Waals surface area contributed by atoms with E-state index in [1.54, 1.807) is 10.8 Å². The molecule has 198 valence electrons. The zero-order valence-corrected chi connectivity index (χ0v) is 21.1. The molecule has 38 heavy (non-hydrogen) atoms. The van der Waals surface area contributed by atoms with Gasteiger partial charge in [0.05, 0.1) is 18.4 Å². The van der Waals surface area contributed by atoms with E-state index in [9.17, 15) is 4.79 Å². The third-order valence-electron chi connectivity index (χ3n) is 6.69. The molecule has 11 heteroatoms. The number of nitrogens with two attached hydrogens (primary N) is 1. The third kappa shape index (κ3) is 6.36. The predicted molar refractivity (Wildman–Crippen MR) is 148 cm³/mol. The van der Waals surface area contributed by atoms with Crippen LogP contribution >= 0.6 is 0 Å². The number of guanidine groups is 1. The normalized spacial score (nSPS) is 15.9. The summed E-state index contributed by atoms with van der Waals surface area (Å²) in [5.41, 5.74) is 8.57. The van der Waals surface area contributed by atoms with Gasteiger partial charge in [-0.3, -0.25) is 9.98 Å². The van der Waals surface area contributed by atoms with Crippen LogP contribution in [0, 0.1) is 5.41 Å². The minimum Gasteiger partial charge on any atom is -0.372 e. The topological polar surface area (TPSA) is 159 Å². The highest BCUT2D eigenvalue weighted by molar-refractivity contribution is 5.76. The molecular formula is C27H33N9O2. The highest BCUT2D eigenvalue weighted by atomic mass is 16.5. The number of anilines is 1. The quantitative estimate of drug-likeness (QED) is 0.131. The van der Waals surface area contributed by atoms with Crippen molar-refractivity contribution >= 4 is 22.8 Å². The van der Waals surface area contributed by atoms with Crippen LogP contribution in [0.1, 0.15) is 30.0 Å². The minimum atomic E-state index is -0.321. The Labute approximate surface area is 220 Å². The summed E-state index contributed by atoms with van der Waals surface area (Å²) in [6.07, 6.45) is 5.19. The van der Waals surface area contributed by atoms with Crippen LogP contribution in [0.25, 0.3) is 16.7 Å². The molecule has 1 aromatic carbocycles. The molecule has 1 fully saturated rings. The Balaban J connectivity index is 1.24. The van der Waals surface area contributed by atoms with Gasteiger partial charge in [-0.05, 0) is 55.3 Å². The lowest BCUT2D eigenvalue weighted by molar-refractivity contribution is 0.0445. The van der Waals surface area contributed by atoms with E-state index < -0.39 is 0 Å². The average Bonchev–Trinajstić information content (AvgIpc) is 3.60. The lowest BCUT2D eigenvalue weighted by Gasteiger charge is -2.19. The van der Waals surface area contributed by atoms with Crippen LogP contribution < -0.4 is 27.4 Å². The van der Waals surface area contributed by atoms with Gasteiger partial charge in [0.15, 0.2) is 5.96 Å². The standard InChI is InChI=1S/C27H33N9O2/c28-26(29)32-12-9-22(15-33-24-3-1-2-10-31-24)38-17-18-4-6-21(7-5-18)36-16-20-13-23(19-8-11-30-14-19)34-25(20)35-27(36)37/h1-7,10,13,16,19,22,30H,8-9,11-12,14-15,17H2,(H,31,33)(H4,28,29,32)(H,34,35,37)/t19-,22-/m1/s1. The molecule has 0 bridgehead atoms. The van der Waals surface area contributed by atoms with Crippen molar-refractivity contribution in [3.05, 3.63) is 82.7 Å².